The molecule has 0 saturated heterocycles. The minimum atomic E-state index is -1.15. The van der Waals surface area contributed by atoms with Crippen LogP contribution in [0.2, 0.25) is 0 Å². The third-order valence-electron chi connectivity index (χ3n) is 4.45. The first-order valence-electron chi connectivity index (χ1n) is 9.11. The quantitative estimate of drug-likeness (QED) is 0.589. The third-order valence-corrected chi connectivity index (χ3v) is 4.45. The van der Waals surface area contributed by atoms with Gasteiger partial charge in [-0.2, -0.15) is 0 Å². The molecule has 4 nitrogen and oxygen atoms in total. The Balaban J connectivity index is 3.59. The number of hydrogen-bond acceptors (Lipinski definition) is 2. The van der Waals surface area contributed by atoms with Gasteiger partial charge >= 0.3 is 11.9 Å². The van der Waals surface area contributed by atoms with E-state index in [4.69, 9.17) is 0 Å². The Morgan fingerprint density at radius 1 is 0.792 bits per heavy atom. The highest BCUT2D eigenvalue weighted by atomic mass is 16.4. The maximum absolute atomic E-state index is 11.8. The zero-order valence-corrected chi connectivity index (χ0v) is 15.2. The van der Waals surface area contributed by atoms with Gasteiger partial charge in [0.25, 0.3) is 0 Å². The second-order valence-corrected chi connectivity index (χ2v) is 6.34. The number of carbonyl (C=O) groups is 2. The van der Waals surface area contributed by atoms with E-state index in [0.717, 1.165) is 68.1 Å². The molecule has 0 atom stereocenters. The van der Waals surface area contributed by atoms with E-state index in [0.29, 0.717) is 6.42 Å². The van der Waals surface area contributed by atoms with Crippen molar-refractivity contribution in [1.29, 1.82) is 0 Å². The van der Waals surface area contributed by atoms with Gasteiger partial charge in [-0.3, -0.25) is 0 Å². The second kappa shape index (κ2) is 10.1. The SMILES string of the molecule is CCCCc1cc(C(=O)O)c(C(=O)O)c(CCCC)c1CCCC. The molecule has 0 aromatic heterocycles. The van der Waals surface area contributed by atoms with Gasteiger partial charge in [0.05, 0.1) is 11.1 Å². The van der Waals surface area contributed by atoms with Gasteiger partial charge in [0.2, 0.25) is 0 Å². The highest BCUT2D eigenvalue weighted by molar-refractivity contribution is 6.03. The molecule has 0 amide bonds. The fraction of sp³-hybridized carbons (Fsp3) is 0.600. The molecule has 1 aromatic carbocycles. The molecule has 0 aliphatic heterocycles. The van der Waals surface area contributed by atoms with Crippen LogP contribution in [0.25, 0.3) is 0 Å². The molecule has 0 aliphatic carbocycles. The Labute approximate surface area is 144 Å². The molecule has 1 aromatic rings. The summed E-state index contributed by atoms with van der Waals surface area (Å²) in [7, 11) is 0. The molecule has 0 aliphatic rings. The molecule has 0 fully saturated rings. The lowest BCUT2D eigenvalue weighted by molar-refractivity contribution is 0.0650. The van der Waals surface area contributed by atoms with Crippen LogP contribution in [0.4, 0.5) is 0 Å². The van der Waals surface area contributed by atoms with Crippen LogP contribution in [0.15, 0.2) is 6.07 Å². The monoisotopic (exact) mass is 334 g/mol. The summed E-state index contributed by atoms with van der Waals surface area (Å²) < 4.78 is 0. The topological polar surface area (TPSA) is 74.6 Å². The van der Waals surface area contributed by atoms with Crippen LogP contribution in [-0.4, -0.2) is 22.2 Å². The normalized spacial score (nSPS) is 10.8. The van der Waals surface area contributed by atoms with Crippen molar-refractivity contribution in [1.82, 2.24) is 0 Å². The lowest BCUT2D eigenvalue weighted by Crippen LogP contribution is -2.16. The molecule has 0 radical (unpaired) electrons. The van der Waals surface area contributed by atoms with Gasteiger partial charge < -0.3 is 10.2 Å². The maximum Gasteiger partial charge on any atom is 0.336 e. The number of benzene rings is 1. The Kier molecular flexibility index (Phi) is 8.51. The van der Waals surface area contributed by atoms with E-state index in [1.54, 1.807) is 6.07 Å². The van der Waals surface area contributed by atoms with Crippen LogP contribution in [0.3, 0.4) is 0 Å². The van der Waals surface area contributed by atoms with Crippen molar-refractivity contribution in [2.75, 3.05) is 0 Å². The van der Waals surface area contributed by atoms with E-state index < -0.39 is 11.9 Å². The van der Waals surface area contributed by atoms with Crippen LogP contribution < -0.4 is 0 Å². The highest BCUT2D eigenvalue weighted by Gasteiger charge is 2.25. The van der Waals surface area contributed by atoms with Crippen LogP contribution >= 0.6 is 0 Å². The molecule has 0 bridgehead atoms. The fourth-order valence-electron chi connectivity index (χ4n) is 3.14. The fourth-order valence-corrected chi connectivity index (χ4v) is 3.14. The molecule has 2 N–H and O–H groups in total. The number of aromatic carboxylic acids is 2. The average Bonchev–Trinajstić information content (AvgIpc) is 2.55. The number of unbranched alkanes of at least 4 members (excludes halogenated alkanes) is 3. The zero-order valence-electron chi connectivity index (χ0n) is 15.2. The van der Waals surface area contributed by atoms with Gasteiger partial charge in [-0.25, -0.2) is 9.59 Å². The summed E-state index contributed by atoms with van der Waals surface area (Å²) in [6.07, 6.45) is 8.14. The van der Waals surface area contributed by atoms with Crippen molar-refractivity contribution < 1.29 is 19.8 Å². The second-order valence-electron chi connectivity index (χ2n) is 6.34. The van der Waals surface area contributed by atoms with Crippen molar-refractivity contribution in [2.24, 2.45) is 0 Å². The van der Waals surface area contributed by atoms with Gasteiger partial charge in [0.15, 0.2) is 0 Å². The number of aryl methyl sites for hydroxylation is 1. The standard InChI is InChI=1S/C20H30O4/c1-4-7-10-14-13-17(19(21)22)18(20(23)24)16(12-9-6-3)15(14)11-8-5-2/h13H,4-12H2,1-3H3,(H,21,22)(H,23,24). The molecule has 0 saturated carbocycles. The number of carboxylic acid groups (broad SMARTS) is 2. The first-order valence-corrected chi connectivity index (χ1v) is 9.11. The predicted molar refractivity (Wildman–Crippen MR) is 96.2 cm³/mol. The van der Waals surface area contributed by atoms with Crippen LogP contribution in [0.1, 0.15) is 96.7 Å². The van der Waals surface area contributed by atoms with E-state index in [9.17, 15) is 19.8 Å². The molecular formula is C20H30O4. The third kappa shape index (κ3) is 5.08. The molecule has 4 heteroatoms. The van der Waals surface area contributed by atoms with Gasteiger partial charge in [0.1, 0.15) is 0 Å². The summed E-state index contributed by atoms with van der Waals surface area (Å²) in [5, 5.41) is 19.2. The molecule has 24 heavy (non-hydrogen) atoms. The van der Waals surface area contributed by atoms with E-state index in [-0.39, 0.29) is 11.1 Å². The lowest BCUT2D eigenvalue weighted by Gasteiger charge is -2.19. The minimum Gasteiger partial charge on any atom is -0.478 e. The van der Waals surface area contributed by atoms with Crippen molar-refractivity contribution in [3.63, 3.8) is 0 Å². The summed E-state index contributed by atoms with van der Waals surface area (Å²) >= 11 is 0. The maximum atomic E-state index is 11.8. The van der Waals surface area contributed by atoms with E-state index in [1.807, 2.05) is 0 Å². The molecule has 1 rings (SSSR count). The number of hydrogen-bond donors (Lipinski definition) is 2. The van der Waals surface area contributed by atoms with E-state index in [1.165, 1.54) is 0 Å². The summed E-state index contributed by atoms with van der Waals surface area (Å²) in [6.45, 7) is 6.28. The van der Waals surface area contributed by atoms with Gasteiger partial charge in [-0.15, -0.1) is 0 Å². The lowest BCUT2D eigenvalue weighted by atomic mass is 9.85. The Hall–Kier alpha value is -1.84. The minimum absolute atomic E-state index is 0.00213. The van der Waals surface area contributed by atoms with Gasteiger partial charge in [-0.1, -0.05) is 40.0 Å². The molecule has 0 unspecified atom stereocenters. The van der Waals surface area contributed by atoms with Gasteiger partial charge in [0, 0.05) is 0 Å². The molecular weight excluding hydrogens is 304 g/mol. The molecule has 0 spiro atoms. The Morgan fingerprint density at radius 3 is 1.75 bits per heavy atom. The van der Waals surface area contributed by atoms with Crippen LogP contribution in [0.5, 0.6) is 0 Å². The van der Waals surface area contributed by atoms with E-state index >= 15 is 0 Å². The smallest absolute Gasteiger partial charge is 0.336 e. The van der Waals surface area contributed by atoms with Crippen molar-refractivity contribution in [3.8, 4) is 0 Å². The Morgan fingerprint density at radius 2 is 1.29 bits per heavy atom. The summed E-state index contributed by atoms with van der Waals surface area (Å²) in [6, 6.07) is 1.61. The van der Waals surface area contributed by atoms with Crippen molar-refractivity contribution >= 4 is 11.9 Å². The average molecular weight is 334 g/mol. The molecule has 134 valence electrons. The zero-order chi connectivity index (χ0) is 18.1. The van der Waals surface area contributed by atoms with Crippen LogP contribution in [-0.2, 0) is 19.3 Å². The molecule has 0 heterocycles. The Bertz CT molecular complexity index is 575. The largest absolute Gasteiger partial charge is 0.478 e. The van der Waals surface area contributed by atoms with Gasteiger partial charge in [-0.05, 0) is 61.3 Å². The highest BCUT2D eigenvalue weighted by Crippen LogP contribution is 2.29. The van der Waals surface area contributed by atoms with E-state index in [2.05, 4.69) is 20.8 Å². The van der Waals surface area contributed by atoms with Crippen molar-refractivity contribution in [2.45, 2.75) is 78.6 Å². The number of rotatable bonds is 11. The van der Waals surface area contributed by atoms with Crippen LogP contribution in [0, 0.1) is 0 Å². The predicted octanol–water partition coefficient (Wildman–Crippen LogP) is 5.11. The summed E-state index contributed by atoms with van der Waals surface area (Å²) in [4.78, 5) is 23.4. The van der Waals surface area contributed by atoms with Crippen molar-refractivity contribution in [3.05, 3.63) is 33.9 Å². The summed E-state index contributed by atoms with van der Waals surface area (Å²) in [5.74, 6) is -2.27. The number of carboxylic acids is 2. The first-order chi connectivity index (χ1) is 11.5. The first kappa shape index (κ1) is 20.2. The summed E-state index contributed by atoms with van der Waals surface area (Å²) in [5.41, 5.74) is 2.81.